The lowest BCUT2D eigenvalue weighted by Crippen LogP contribution is -2.41. The number of alkyl halides is 3. The molecule has 1 aromatic rings. The molecular formula is C9H10F4N2O3S. The van der Waals surface area contributed by atoms with Crippen LogP contribution in [0.4, 0.5) is 23.2 Å². The number of aliphatic hydroxyl groups excluding tert-OH is 1. The number of nitrogen functional groups attached to an aromatic ring is 1. The smallest absolute Gasteiger partial charge is 0.398 e. The van der Waals surface area contributed by atoms with Crippen molar-refractivity contribution in [3.05, 3.63) is 24.0 Å². The van der Waals surface area contributed by atoms with Gasteiger partial charge in [-0.05, 0) is 12.1 Å². The Balaban J connectivity index is 2.95. The number of nitrogens with one attached hydrogen (secondary N) is 1. The van der Waals surface area contributed by atoms with Gasteiger partial charge < -0.3 is 10.8 Å². The van der Waals surface area contributed by atoms with Gasteiger partial charge in [-0.15, -0.1) is 0 Å². The molecular weight excluding hydrogens is 292 g/mol. The first-order chi connectivity index (χ1) is 8.55. The molecule has 0 aliphatic carbocycles. The summed E-state index contributed by atoms with van der Waals surface area (Å²) in [6, 6.07) is 3.02. The molecule has 0 saturated heterocycles. The van der Waals surface area contributed by atoms with Gasteiger partial charge in [-0.2, -0.15) is 13.2 Å². The van der Waals surface area contributed by atoms with Gasteiger partial charge in [0.15, 0.2) is 6.10 Å². The Hall–Kier alpha value is -1.39. The maximum atomic E-state index is 13.3. The van der Waals surface area contributed by atoms with Crippen LogP contribution in [0.25, 0.3) is 0 Å². The van der Waals surface area contributed by atoms with Crippen LogP contribution >= 0.6 is 0 Å². The van der Waals surface area contributed by atoms with Crippen molar-refractivity contribution in [1.82, 2.24) is 4.72 Å². The molecule has 0 fully saturated rings. The van der Waals surface area contributed by atoms with Crippen LogP contribution in [0.3, 0.4) is 0 Å². The Bertz CT molecular complexity index is 539. The average Bonchev–Trinajstić information content (AvgIpc) is 2.24. The lowest BCUT2D eigenvalue weighted by Gasteiger charge is -2.15. The van der Waals surface area contributed by atoms with E-state index in [0.717, 1.165) is 18.2 Å². The SMILES string of the molecule is Nc1cccc(F)c1S(=O)(=O)NCC(O)C(F)(F)F. The van der Waals surface area contributed by atoms with Gasteiger partial charge in [-0.25, -0.2) is 17.5 Å². The molecule has 19 heavy (non-hydrogen) atoms. The largest absolute Gasteiger partial charge is 0.415 e. The van der Waals surface area contributed by atoms with Gasteiger partial charge in [0.05, 0.1) is 5.69 Å². The van der Waals surface area contributed by atoms with Crippen molar-refractivity contribution in [3.8, 4) is 0 Å². The molecule has 0 aliphatic rings. The van der Waals surface area contributed by atoms with Crippen LogP contribution in [-0.2, 0) is 10.0 Å². The molecule has 1 atom stereocenters. The second kappa shape index (κ2) is 5.31. The molecule has 1 aromatic carbocycles. The summed E-state index contributed by atoms with van der Waals surface area (Å²) in [6.07, 6.45) is -7.88. The first kappa shape index (κ1) is 15.7. The molecule has 5 nitrogen and oxygen atoms in total. The zero-order valence-electron chi connectivity index (χ0n) is 9.28. The second-order valence-corrected chi connectivity index (χ2v) is 5.27. The van der Waals surface area contributed by atoms with Gasteiger partial charge in [-0.3, -0.25) is 0 Å². The highest BCUT2D eigenvalue weighted by atomic mass is 32.2. The number of rotatable bonds is 4. The van der Waals surface area contributed by atoms with Crippen molar-refractivity contribution >= 4 is 15.7 Å². The molecule has 0 saturated carbocycles. The number of benzene rings is 1. The third kappa shape index (κ3) is 3.78. The molecule has 108 valence electrons. The van der Waals surface area contributed by atoms with Crippen molar-refractivity contribution < 1.29 is 31.1 Å². The molecule has 4 N–H and O–H groups in total. The first-order valence-electron chi connectivity index (χ1n) is 4.84. The fourth-order valence-corrected chi connectivity index (χ4v) is 2.41. The maximum absolute atomic E-state index is 13.3. The molecule has 0 aliphatic heterocycles. The van der Waals surface area contributed by atoms with Gasteiger partial charge in [-0.1, -0.05) is 6.07 Å². The van der Waals surface area contributed by atoms with E-state index in [-0.39, 0.29) is 0 Å². The Morgan fingerprint density at radius 2 is 1.95 bits per heavy atom. The van der Waals surface area contributed by atoms with Gasteiger partial charge in [0.2, 0.25) is 10.0 Å². The third-order valence-corrected chi connectivity index (χ3v) is 3.63. The molecule has 1 rings (SSSR count). The summed E-state index contributed by atoms with van der Waals surface area (Å²) in [6.45, 7) is -1.33. The highest BCUT2D eigenvalue weighted by Crippen LogP contribution is 2.23. The fraction of sp³-hybridized carbons (Fsp3) is 0.333. The number of hydrogen-bond acceptors (Lipinski definition) is 4. The summed E-state index contributed by atoms with van der Waals surface area (Å²) in [5.41, 5.74) is 4.81. The van der Waals surface area contributed by atoms with E-state index in [4.69, 9.17) is 10.8 Å². The van der Waals surface area contributed by atoms with Crippen LogP contribution in [0, 0.1) is 5.82 Å². The van der Waals surface area contributed by atoms with Crippen LogP contribution in [0.1, 0.15) is 0 Å². The number of hydrogen-bond donors (Lipinski definition) is 3. The fourth-order valence-electron chi connectivity index (χ4n) is 1.19. The predicted molar refractivity (Wildman–Crippen MR) is 58.1 cm³/mol. The predicted octanol–water partition coefficient (Wildman–Crippen LogP) is 0.609. The van der Waals surface area contributed by atoms with Gasteiger partial charge in [0.25, 0.3) is 0 Å². The molecule has 0 heterocycles. The number of halogens is 4. The van der Waals surface area contributed by atoms with Crippen molar-refractivity contribution in [2.45, 2.75) is 17.2 Å². The highest BCUT2D eigenvalue weighted by molar-refractivity contribution is 7.89. The number of sulfonamides is 1. The minimum absolute atomic E-state index is 0.450. The van der Waals surface area contributed by atoms with Crippen LogP contribution < -0.4 is 10.5 Å². The number of nitrogens with two attached hydrogens (primary N) is 1. The summed E-state index contributed by atoms with van der Waals surface area (Å²) in [4.78, 5) is -0.954. The summed E-state index contributed by atoms with van der Waals surface area (Å²) in [7, 11) is -4.59. The van der Waals surface area contributed by atoms with E-state index in [9.17, 15) is 26.0 Å². The van der Waals surface area contributed by atoms with Crippen molar-refractivity contribution in [3.63, 3.8) is 0 Å². The van der Waals surface area contributed by atoms with Gasteiger partial charge in [0.1, 0.15) is 10.7 Å². The van der Waals surface area contributed by atoms with Gasteiger partial charge in [0, 0.05) is 6.54 Å². The van der Waals surface area contributed by atoms with Crippen LogP contribution in [-0.4, -0.2) is 32.3 Å². The van der Waals surface area contributed by atoms with Crippen LogP contribution in [0.2, 0.25) is 0 Å². The van der Waals surface area contributed by atoms with E-state index in [1.165, 1.54) is 4.72 Å². The first-order valence-corrected chi connectivity index (χ1v) is 6.32. The van der Waals surface area contributed by atoms with E-state index < -0.39 is 45.2 Å². The minimum Gasteiger partial charge on any atom is -0.398 e. The Morgan fingerprint density at radius 3 is 2.42 bits per heavy atom. The summed E-state index contributed by atoms with van der Waals surface area (Å²) >= 11 is 0. The zero-order chi connectivity index (χ0) is 14.8. The second-order valence-electron chi connectivity index (χ2n) is 3.57. The van der Waals surface area contributed by atoms with Gasteiger partial charge >= 0.3 is 6.18 Å². The third-order valence-electron chi connectivity index (χ3n) is 2.11. The van der Waals surface area contributed by atoms with Crippen LogP contribution in [0.15, 0.2) is 23.1 Å². The lowest BCUT2D eigenvalue weighted by atomic mass is 10.3. The Morgan fingerprint density at radius 1 is 1.37 bits per heavy atom. The molecule has 0 aromatic heterocycles. The minimum atomic E-state index is -4.98. The number of aliphatic hydroxyl groups is 1. The lowest BCUT2D eigenvalue weighted by molar-refractivity contribution is -0.200. The molecule has 0 spiro atoms. The maximum Gasteiger partial charge on any atom is 0.415 e. The zero-order valence-corrected chi connectivity index (χ0v) is 10.1. The summed E-state index contributed by atoms with van der Waals surface area (Å²) in [5, 5.41) is 8.66. The van der Waals surface area contributed by atoms with Crippen molar-refractivity contribution in [2.24, 2.45) is 0 Å². The molecule has 0 bridgehead atoms. The molecule has 0 radical (unpaired) electrons. The highest BCUT2D eigenvalue weighted by Gasteiger charge is 2.39. The molecule has 1 unspecified atom stereocenters. The Kier molecular flexibility index (Phi) is 4.38. The summed E-state index contributed by atoms with van der Waals surface area (Å²) < 4.78 is 74.0. The Labute approximate surface area is 106 Å². The number of anilines is 1. The standard InChI is InChI=1S/C9H10F4N2O3S/c10-5-2-1-3-6(14)8(5)19(17,18)15-4-7(16)9(11,12)13/h1-3,7,15-16H,4,14H2. The van der Waals surface area contributed by atoms with E-state index in [1.54, 1.807) is 0 Å². The molecule has 10 heteroatoms. The van der Waals surface area contributed by atoms with Crippen LogP contribution in [0.5, 0.6) is 0 Å². The normalized spacial score (nSPS) is 14.4. The topological polar surface area (TPSA) is 92.4 Å². The van der Waals surface area contributed by atoms with E-state index in [0.29, 0.717) is 0 Å². The van der Waals surface area contributed by atoms with Crippen molar-refractivity contribution in [2.75, 3.05) is 12.3 Å². The van der Waals surface area contributed by atoms with E-state index >= 15 is 0 Å². The quantitative estimate of drug-likeness (QED) is 0.561. The molecule has 0 amide bonds. The van der Waals surface area contributed by atoms with E-state index in [1.807, 2.05) is 0 Å². The average molecular weight is 302 g/mol. The monoisotopic (exact) mass is 302 g/mol. The summed E-state index contributed by atoms with van der Waals surface area (Å²) in [5.74, 6) is -1.20. The van der Waals surface area contributed by atoms with E-state index in [2.05, 4.69) is 0 Å². The van der Waals surface area contributed by atoms with Crippen molar-refractivity contribution in [1.29, 1.82) is 0 Å².